The van der Waals surface area contributed by atoms with Crippen LogP contribution in [0.15, 0.2) is 18.2 Å². The molecule has 4 heteroatoms. The maximum Gasteiger partial charge on any atom is 0.224 e. The zero-order valence-corrected chi connectivity index (χ0v) is 12.1. The quantitative estimate of drug-likeness (QED) is 0.888. The average Bonchev–Trinajstić information content (AvgIpc) is 2.41. The number of halogens is 1. The van der Waals surface area contributed by atoms with Gasteiger partial charge in [-0.25, -0.2) is 0 Å². The van der Waals surface area contributed by atoms with Crippen molar-refractivity contribution in [2.75, 3.05) is 18.4 Å². The Kier molecular flexibility index (Phi) is 5.23. The molecule has 0 spiro atoms. The van der Waals surface area contributed by atoms with Gasteiger partial charge in [0.15, 0.2) is 0 Å². The lowest BCUT2D eigenvalue weighted by Gasteiger charge is -2.22. The van der Waals surface area contributed by atoms with Crippen molar-refractivity contribution < 1.29 is 4.79 Å². The minimum Gasteiger partial charge on any atom is -0.325 e. The highest BCUT2D eigenvalue weighted by molar-refractivity contribution is 6.33. The van der Waals surface area contributed by atoms with E-state index in [4.69, 9.17) is 11.6 Å². The number of hydrogen-bond acceptors (Lipinski definition) is 2. The number of nitrogens with one attached hydrogen (secondary N) is 2. The molecule has 0 aromatic heterocycles. The molecule has 1 amide bonds. The summed E-state index contributed by atoms with van der Waals surface area (Å²) in [6.45, 7) is 4.13. The first kappa shape index (κ1) is 14.4. The first-order valence-corrected chi connectivity index (χ1v) is 7.29. The van der Waals surface area contributed by atoms with E-state index in [0.29, 0.717) is 23.0 Å². The van der Waals surface area contributed by atoms with Gasteiger partial charge in [-0.05, 0) is 62.9 Å². The maximum atomic E-state index is 11.9. The van der Waals surface area contributed by atoms with Gasteiger partial charge >= 0.3 is 0 Å². The monoisotopic (exact) mass is 280 g/mol. The summed E-state index contributed by atoms with van der Waals surface area (Å²) in [6, 6.07) is 5.67. The molecule has 3 nitrogen and oxygen atoms in total. The molecule has 0 radical (unpaired) electrons. The molecule has 1 atom stereocenters. The Morgan fingerprint density at radius 1 is 1.53 bits per heavy atom. The topological polar surface area (TPSA) is 41.1 Å². The molecule has 1 aromatic carbocycles. The van der Waals surface area contributed by atoms with Crippen LogP contribution in [-0.4, -0.2) is 19.0 Å². The maximum absolute atomic E-state index is 11.9. The summed E-state index contributed by atoms with van der Waals surface area (Å²) < 4.78 is 0. The van der Waals surface area contributed by atoms with Gasteiger partial charge in [0.25, 0.3) is 0 Å². The van der Waals surface area contributed by atoms with Gasteiger partial charge < -0.3 is 10.6 Å². The second-order valence-corrected chi connectivity index (χ2v) is 5.69. The minimum absolute atomic E-state index is 0.0522. The van der Waals surface area contributed by atoms with Crippen molar-refractivity contribution in [2.45, 2.75) is 32.6 Å². The van der Waals surface area contributed by atoms with Crippen LogP contribution in [0.3, 0.4) is 0 Å². The van der Waals surface area contributed by atoms with Gasteiger partial charge in [-0.15, -0.1) is 0 Å². The number of benzene rings is 1. The third-order valence-electron chi connectivity index (χ3n) is 3.58. The summed E-state index contributed by atoms with van der Waals surface area (Å²) in [5, 5.41) is 6.86. The molecule has 104 valence electrons. The highest BCUT2D eigenvalue weighted by Gasteiger charge is 2.14. The molecule has 1 aliphatic heterocycles. The molecular formula is C15H21ClN2O. The van der Waals surface area contributed by atoms with Crippen molar-refractivity contribution in [3.63, 3.8) is 0 Å². The summed E-state index contributed by atoms with van der Waals surface area (Å²) in [7, 11) is 0. The lowest BCUT2D eigenvalue weighted by molar-refractivity contribution is -0.116. The highest BCUT2D eigenvalue weighted by Crippen LogP contribution is 2.23. The van der Waals surface area contributed by atoms with E-state index in [1.54, 1.807) is 0 Å². The average molecular weight is 281 g/mol. The Balaban J connectivity index is 1.80. The molecule has 1 saturated heterocycles. The molecule has 1 aliphatic rings. The van der Waals surface area contributed by atoms with E-state index in [1.807, 2.05) is 25.1 Å². The van der Waals surface area contributed by atoms with Gasteiger partial charge in [-0.3, -0.25) is 4.79 Å². The molecule has 2 rings (SSSR count). The Bertz CT molecular complexity index is 442. The number of anilines is 1. The second-order valence-electron chi connectivity index (χ2n) is 5.28. The van der Waals surface area contributed by atoms with Gasteiger partial charge in [0, 0.05) is 6.42 Å². The fourth-order valence-electron chi connectivity index (χ4n) is 2.44. The lowest BCUT2D eigenvalue weighted by atomic mass is 9.94. The molecule has 2 N–H and O–H groups in total. The van der Waals surface area contributed by atoms with Crippen molar-refractivity contribution in [2.24, 2.45) is 5.92 Å². The third kappa shape index (κ3) is 4.51. The smallest absolute Gasteiger partial charge is 0.224 e. The van der Waals surface area contributed by atoms with E-state index in [0.717, 1.165) is 25.1 Å². The Morgan fingerprint density at radius 2 is 2.37 bits per heavy atom. The lowest BCUT2D eigenvalue weighted by Crippen LogP contribution is -2.30. The van der Waals surface area contributed by atoms with Gasteiger partial charge in [-0.2, -0.15) is 0 Å². The standard InChI is InChI=1S/C15H21ClN2O/c1-11-4-6-14(13(16)9-11)18-15(19)7-5-12-3-2-8-17-10-12/h4,6,9,12,17H,2-3,5,7-8,10H2,1H3,(H,18,19). The predicted octanol–water partition coefficient (Wildman–Crippen LogP) is 3.37. The summed E-state index contributed by atoms with van der Waals surface area (Å²) in [5.74, 6) is 0.685. The third-order valence-corrected chi connectivity index (χ3v) is 3.89. The van der Waals surface area contributed by atoms with Crippen molar-refractivity contribution in [1.82, 2.24) is 5.32 Å². The Hall–Kier alpha value is -1.06. The van der Waals surface area contributed by atoms with Crippen LogP contribution in [0.25, 0.3) is 0 Å². The Labute approximate surface area is 119 Å². The van der Waals surface area contributed by atoms with Crippen LogP contribution in [0.1, 0.15) is 31.2 Å². The summed E-state index contributed by atoms with van der Waals surface area (Å²) in [5.41, 5.74) is 1.80. The van der Waals surface area contributed by atoms with Crippen molar-refractivity contribution in [3.8, 4) is 0 Å². The first-order valence-electron chi connectivity index (χ1n) is 6.92. The van der Waals surface area contributed by atoms with Crippen LogP contribution in [0.4, 0.5) is 5.69 Å². The first-order chi connectivity index (χ1) is 9.15. The van der Waals surface area contributed by atoms with Crippen molar-refractivity contribution in [3.05, 3.63) is 28.8 Å². The molecular weight excluding hydrogens is 260 g/mol. The molecule has 1 aromatic rings. The molecule has 0 bridgehead atoms. The van der Waals surface area contributed by atoms with E-state index in [2.05, 4.69) is 10.6 Å². The molecule has 0 saturated carbocycles. The SMILES string of the molecule is Cc1ccc(NC(=O)CCC2CCCNC2)c(Cl)c1. The molecule has 1 fully saturated rings. The summed E-state index contributed by atoms with van der Waals surface area (Å²) in [4.78, 5) is 11.9. The Morgan fingerprint density at radius 3 is 3.05 bits per heavy atom. The van der Waals surface area contributed by atoms with Crippen LogP contribution in [0.2, 0.25) is 5.02 Å². The highest BCUT2D eigenvalue weighted by atomic mass is 35.5. The number of aryl methyl sites for hydroxylation is 1. The van der Waals surface area contributed by atoms with Crippen LogP contribution >= 0.6 is 11.6 Å². The number of amides is 1. The molecule has 0 aliphatic carbocycles. The molecule has 1 unspecified atom stereocenters. The number of carbonyl (C=O) groups excluding carboxylic acids is 1. The van der Waals surface area contributed by atoms with Crippen LogP contribution in [0.5, 0.6) is 0 Å². The van der Waals surface area contributed by atoms with E-state index in [1.165, 1.54) is 12.8 Å². The number of piperidine rings is 1. The second kappa shape index (κ2) is 6.92. The molecule has 19 heavy (non-hydrogen) atoms. The fraction of sp³-hybridized carbons (Fsp3) is 0.533. The van der Waals surface area contributed by atoms with Gasteiger partial charge in [-0.1, -0.05) is 17.7 Å². The van der Waals surface area contributed by atoms with Gasteiger partial charge in [0.1, 0.15) is 0 Å². The van der Waals surface area contributed by atoms with Crippen molar-refractivity contribution >= 4 is 23.2 Å². The van der Waals surface area contributed by atoms with Gasteiger partial charge in [0.2, 0.25) is 5.91 Å². The number of carbonyl (C=O) groups is 1. The van der Waals surface area contributed by atoms with Gasteiger partial charge in [0.05, 0.1) is 10.7 Å². The fourth-order valence-corrected chi connectivity index (χ4v) is 2.72. The summed E-state index contributed by atoms with van der Waals surface area (Å²) in [6.07, 6.45) is 3.96. The van der Waals surface area contributed by atoms with Crippen LogP contribution in [-0.2, 0) is 4.79 Å². The number of rotatable bonds is 4. The van der Waals surface area contributed by atoms with Crippen LogP contribution < -0.4 is 10.6 Å². The largest absolute Gasteiger partial charge is 0.325 e. The van der Waals surface area contributed by atoms with E-state index in [9.17, 15) is 4.79 Å². The molecule has 1 heterocycles. The van der Waals surface area contributed by atoms with E-state index in [-0.39, 0.29) is 5.91 Å². The predicted molar refractivity (Wildman–Crippen MR) is 79.6 cm³/mol. The summed E-state index contributed by atoms with van der Waals surface area (Å²) >= 11 is 6.10. The van der Waals surface area contributed by atoms with Crippen LogP contribution in [0, 0.1) is 12.8 Å². The van der Waals surface area contributed by atoms with E-state index < -0.39 is 0 Å². The van der Waals surface area contributed by atoms with E-state index >= 15 is 0 Å². The number of hydrogen-bond donors (Lipinski definition) is 2. The minimum atomic E-state index is 0.0522. The zero-order chi connectivity index (χ0) is 13.7. The van der Waals surface area contributed by atoms with Crippen molar-refractivity contribution in [1.29, 1.82) is 0 Å². The normalized spacial score (nSPS) is 19.2. The zero-order valence-electron chi connectivity index (χ0n) is 11.3.